The Morgan fingerprint density at radius 1 is 0.844 bits per heavy atom. The SMILES string of the molecule is C[C@H]1[C@@H](CN2CCC[C@H]2CO)O[C@@H](c2cccc(-c3cccc(CNC(=O)c4ccccc4)c3)c2)O[C@H]1c1ccc(CO)cc1. The van der Waals surface area contributed by atoms with Crippen LogP contribution in [0.15, 0.2) is 103 Å². The summed E-state index contributed by atoms with van der Waals surface area (Å²) in [6.07, 6.45) is 1.21. The molecule has 2 heterocycles. The molecule has 2 aliphatic rings. The van der Waals surface area contributed by atoms with Crippen LogP contribution in [0.3, 0.4) is 0 Å². The number of nitrogens with one attached hydrogen (secondary N) is 1. The highest BCUT2D eigenvalue weighted by atomic mass is 16.7. The fourth-order valence-electron chi connectivity index (χ4n) is 6.50. The number of hydrogen-bond donors (Lipinski definition) is 3. The van der Waals surface area contributed by atoms with Crippen molar-refractivity contribution >= 4 is 5.91 Å². The lowest BCUT2D eigenvalue weighted by atomic mass is 9.89. The molecular formula is C38H42N2O5. The van der Waals surface area contributed by atoms with Gasteiger partial charge in [0.25, 0.3) is 5.91 Å². The summed E-state index contributed by atoms with van der Waals surface area (Å²) in [6, 6.07) is 33.8. The third-order valence-electron chi connectivity index (χ3n) is 9.16. The summed E-state index contributed by atoms with van der Waals surface area (Å²) >= 11 is 0. The number of nitrogens with zero attached hydrogens (tertiary/aromatic N) is 1. The summed E-state index contributed by atoms with van der Waals surface area (Å²) < 4.78 is 13.4. The van der Waals surface area contributed by atoms with Crippen molar-refractivity contribution in [3.63, 3.8) is 0 Å². The van der Waals surface area contributed by atoms with Gasteiger partial charge in [0.15, 0.2) is 6.29 Å². The van der Waals surface area contributed by atoms with E-state index in [0.29, 0.717) is 12.1 Å². The highest BCUT2D eigenvalue weighted by Gasteiger charge is 2.40. The molecule has 0 aliphatic carbocycles. The lowest BCUT2D eigenvalue weighted by molar-refractivity contribution is -0.276. The number of likely N-dealkylation sites (tertiary alicyclic amines) is 1. The molecule has 45 heavy (non-hydrogen) atoms. The van der Waals surface area contributed by atoms with Crippen LogP contribution in [0.25, 0.3) is 11.1 Å². The fraction of sp³-hybridized carbons (Fsp3) is 0.342. The van der Waals surface area contributed by atoms with Crippen molar-refractivity contribution in [1.82, 2.24) is 10.2 Å². The van der Waals surface area contributed by atoms with Crippen molar-refractivity contribution in [3.05, 3.63) is 131 Å². The van der Waals surface area contributed by atoms with Crippen molar-refractivity contribution in [1.29, 1.82) is 0 Å². The monoisotopic (exact) mass is 606 g/mol. The van der Waals surface area contributed by atoms with Gasteiger partial charge in [0.1, 0.15) is 0 Å². The van der Waals surface area contributed by atoms with E-state index in [1.807, 2.05) is 78.9 Å². The van der Waals surface area contributed by atoms with E-state index in [1.165, 1.54) is 0 Å². The van der Waals surface area contributed by atoms with Crippen molar-refractivity contribution in [2.45, 2.75) is 57.5 Å². The number of aliphatic hydroxyl groups is 2. The first-order chi connectivity index (χ1) is 22.0. The van der Waals surface area contributed by atoms with E-state index in [4.69, 9.17) is 9.47 Å². The highest BCUT2D eigenvalue weighted by molar-refractivity contribution is 5.94. The summed E-state index contributed by atoms with van der Waals surface area (Å²) in [7, 11) is 0. The lowest BCUT2D eigenvalue weighted by Gasteiger charge is -2.43. The van der Waals surface area contributed by atoms with Crippen molar-refractivity contribution < 1.29 is 24.5 Å². The molecule has 0 bridgehead atoms. The average molecular weight is 607 g/mol. The first-order valence-electron chi connectivity index (χ1n) is 15.9. The van der Waals surface area contributed by atoms with Gasteiger partial charge in [-0.05, 0) is 71.5 Å². The molecular weight excluding hydrogens is 564 g/mol. The van der Waals surface area contributed by atoms with Gasteiger partial charge in [0.2, 0.25) is 0 Å². The van der Waals surface area contributed by atoms with Crippen LogP contribution in [0.1, 0.15) is 64.8 Å². The minimum Gasteiger partial charge on any atom is -0.395 e. The van der Waals surface area contributed by atoms with Crippen molar-refractivity contribution in [2.24, 2.45) is 5.92 Å². The molecule has 7 heteroatoms. The summed E-state index contributed by atoms with van der Waals surface area (Å²) in [5.41, 5.74) is 6.59. The van der Waals surface area contributed by atoms with Gasteiger partial charge in [-0.3, -0.25) is 9.69 Å². The number of hydrogen-bond acceptors (Lipinski definition) is 6. The quantitative estimate of drug-likeness (QED) is 0.204. The maximum absolute atomic E-state index is 12.6. The summed E-state index contributed by atoms with van der Waals surface area (Å²) in [5.74, 6) is -0.0229. The first-order valence-corrected chi connectivity index (χ1v) is 15.9. The molecule has 0 aromatic heterocycles. The number of benzene rings is 4. The maximum atomic E-state index is 12.6. The van der Waals surface area contributed by atoms with Gasteiger partial charge in [-0.25, -0.2) is 0 Å². The van der Waals surface area contributed by atoms with E-state index in [2.05, 4.69) is 41.4 Å². The minimum absolute atomic E-state index is 0.000611. The molecule has 234 valence electrons. The van der Waals surface area contributed by atoms with Crippen LogP contribution in [0.5, 0.6) is 0 Å². The minimum atomic E-state index is -0.572. The topological polar surface area (TPSA) is 91.3 Å². The second-order valence-electron chi connectivity index (χ2n) is 12.2. The zero-order valence-electron chi connectivity index (χ0n) is 25.7. The number of rotatable bonds is 10. The van der Waals surface area contributed by atoms with Crippen molar-refractivity contribution in [3.8, 4) is 11.1 Å². The summed E-state index contributed by atoms with van der Waals surface area (Å²) in [4.78, 5) is 14.9. The molecule has 0 radical (unpaired) electrons. The molecule has 1 amide bonds. The molecule has 0 saturated carbocycles. The highest BCUT2D eigenvalue weighted by Crippen LogP contribution is 2.43. The zero-order valence-corrected chi connectivity index (χ0v) is 25.7. The Labute approximate surface area is 265 Å². The number of aliphatic hydroxyl groups excluding tert-OH is 2. The Morgan fingerprint density at radius 3 is 2.36 bits per heavy atom. The average Bonchev–Trinajstić information content (AvgIpc) is 3.56. The standard InChI is InChI=1S/C38H42N2O5/c1-26-35(23-40-19-7-14-34(40)25-42)44-38(45-36(26)29-17-15-27(24-41)16-18-29)33-13-6-12-32(21-33)31-11-5-8-28(20-31)22-39-37(43)30-9-3-2-4-10-30/h2-6,8-13,15-18,20-21,26,34-36,38,41-42H,7,14,19,22-25H2,1H3,(H,39,43)/t26-,34-,35+,36+,38+/m0/s1. The van der Waals surface area contributed by atoms with Gasteiger partial charge in [0.05, 0.1) is 25.4 Å². The third kappa shape index (κ3) is 7.35. The van der Waals surface area contributed by atoms with Gasteiger partial charge in [-0.2, -0.15) is 0 Å². The second kappa shape index (κ2) is 14.5. The fourth-order valence-corrected chi connectivity index (χ4v) is 6.50. The van der Waals surface area contributed by atoms with Crippen LogP contribution >= 0.6 is 0 Å². The van der Waals surface area contributed by atoms with E-state index in [1.54, 1.807) is 0 Å². The number of carbonyl (C=O) groups excluding carboxylic acids is 1. The van der Waals surface area contributed by atoms with E-state index in [9.17, 15) is 15.0 Å². The molecule has 4 aromatic carbocycles. The lowest BCUT2D eigenvalue weighted by Crippen LogP contribution is -2.46. The summed E-state index contributed by atoms with van der Waals surface area (Å²) in [5, 5.41) is 22.6. The largest absolute Gasteiger partial charge is 0.395 e. The Morgan fingerprint density at radius 2 is 1.60 bits per heavy atom. The Balaban J connectivity index is 1.23. The van der Waals surface area contributed by atoms with Gasteiger partial charge in [0, 0.05) is 36.2 Å². The molecule has 0 unspecified atom stereocenters. The number of carbonyl (C=O) groups is 1. The molecule has 0 spiro atoms. The molecule has 2 saturated heterocycles. The normalized spacial score (nSPS) is 23.6. The molecule has 2 fully saturated rings. The van der Waals surface area contributed by atoms with Gasteiger partial charge < -0.3 is 25.0 Å². The van der Waals surface area contributed by atoms with Gasteiger partial charge in [-0.1, -0.05) is 85.8 Å². The Bertz CT molecular complexity index is 1560. The van der Waals surface area contributed by atoms with Crippen LogP contribution in [0.4, 0.5) is 0 Å². The Kier molecular flexibility index (Phi) is 10.0. The Hall–Kier alpha value is -3.85. The van der Waals surface area contributed by atoms with Crippen LogP contribution in [0.2, 0.25) is 0 Å². The van der Waals surface area contributed by atoms with E-state index in [0.717, 1.165) is 59.3 Å². The smallest absolute Gasteiger partial charge is 0.251 e. The van der Waals surface area contributed by atoms with Gasteiger partial charge >= 0.3 is 0 Å². The van der Waals surface area contributed by atoms with Crippen LogP contribution in [0, 0.1) is 5.92 Å². The number of amides is 1. The predicted molar refractivity (Wildman–Crippen MR) is 174 cm³/mol. The van der Waals surface area contributed by atoms with Crippen LogP contribution in [-0.4, -0.2) is 52.9 Å². The van der Waals surface area contributed by atoms with Gasteiger partial charge in [-0.15, -0.1) is 0 Å². The maximum Gasteiger partial charge on any atom is 0.251 e. The second-order valence-corrected chi connectivity index (χ2v) is 12.2. The van der Waals surface area contributed by atoms with E-state index < -0.39 is 6.29 Å². The molecule has 2 aliphatic heterocycles. The predicted octanol–water partition coefficient (Wildman–Crippen LogP) is 6.02. The van der Waals surface area contributed by atoms with E-state index >= 15 is 0 Å². The summed E-state index contributed by atoms with van der Waals surface area (Å²) in [6.45, 7) is 4.45. The van der Waals surface area contributed by atoms with Crippen LogP contribution < -0.4 is 5.32 Å². The number of ether oxygens (including phenoxy) is 2. The van der Waals surface area contributed by atoms with E-state index in [-0.39, 0.29) is 43.3 Å². The van der Waals surface area contributed by atoms with Crippen LogP contribution in [-0.2, 0) is 22.6 Å². The first kappa shape index (κ1) is 31.1. The van der Waals surface area contributed by atoms with Crippen molar-refractivity contribution in [2.75, 3.05) is 19.7 Å². The molecule has 4 aromatic rings. The molecule has 3 N–H and O–H groups in total. The molecule has 5 atom stereocenters. The zero-order chi connectivity index (χ0) is 31.2. The molecule has 6 rings (SSSR count). The molecule has 7 nitrogen and oxygen atoms in total. The third-order valence-corrected chi connectivity index (χ3v) is 9.16.